The smallest absolute Gasteiger partial charge is 0.260 e. The van der Waals surface area contributed by atoms with E-state index in [1.807, 2.05) is 12.1 Å². The van der Waals surface area contributed by atoms with Crippen molar-refractivity contribution in [2.24, 2.45) is 0 Å². The monoisotopic (exact) mass is 445 g/mol. The van der Waals surface area contributed by atoms with Gasteiger partial charge in [0, 0.05) is 60.6 Å². The van der Waals surface area contributed by atoms with E-state index in [-0.39, 0.29) is 5.91 Å². The van der Waals surface area contributed by atoms with E-state index in [1.54, 1.807) is 37.4 Å². The van der Waals surface area contributed by atoms with Crippen LogP contribution in [0.5, 0.6) is 0 Å². The van der Waals surface area contributed by atoms with Crippen molar-refractivity contribution < 1.29 is 14.4 Å². The predicted octanol–water partition coefficient (Wildman–Crippen LogP) is 2.68. The second kappa shape index (κ2) is 9.70. The van der Waals surface area contributed by atoms with Crippen molar-refractivity contribution in [3.63, 3.8) is 0 Å². The van der Waals surface area contributed by atoms with Gasteiger partial charge in [-0.2, -0.15) is 0 Å². The minimum Gasteiger partial charge on any atom is -0.369 e. The van der Waals surface area contributed by atoms with E-state index in [1.165, 1.54) is 6.08 Å². The molecule has 0 radical (unpaired) electrons. The van der Waals surface area contributed by atoms with E-state index in [9.17, 15) is 14.4 Å². The van der Waals surface area contributed by atoms with Crippen molar-refractivity contribution in [2.45, 2.75) is 6.92 Å². The molecule has 0 bridgehead atoms. The predicted molar refractivity (Wildman–Crippen MR) is 130 cm³/mol. The zero-order valence-electron chi connectivity index (χ0n) is 18.7. The van der Waals surface area contributed by atoms with Crippen LogP contribution < -0.4 is 20.9 Å². The van der Waals surface area contributed by atoms with Gasteiger partial charge in [-0.25, -0.2) is 0 Å². The van der Waals surface area contributed by atoms with Gasteiger partial charge in [0.1, 0.15) is 0 Å². The van der Waals surface area contributed by atoms with Gasteiger partial charge in [0.2, 0.25) is 5.91 Å². The zero-order chi connectivity index (χ0) is 23.4. The number of rotatable bonds is 5. The van der Waals surface area contributed by atoms with E-state index in [0.717, 1.165) is 37.6 Å². The summed E-state index contributed by atoms with van der Waals surface area (Å²) in [6.07, 6.45) is 4.62. The highest BCUT2D eigenvalue weighted by molar-refractivity contribution is 6.31. The first-order chi connectivity index (χ1) is 15.9. The van der Waals surface area contributed by atoms with Gasteiger partial charge in [0.15, 0.2) is 0 Å². The molecule has 170 valence electrons. The number of nitrogens with zero attached hydrogens (tertiary/aromatic N) is 2. The standard InChI is InChI=1S/C25H27N5O3/c1-3-4-23(31)27-18-7-10-20-21(15-18)22(25(33)28-24(20)32)16-26-17-5-8-19(9-6-17)30-13-11-29(2)12-14-30/h3-10,15-16,26H,11-14H2,1-2H3,(H,27,31)(H,28,32,33). The van der Waals surface area contributed by atoms with Crippen molar-refractivity contribution >= 4 is 40.4 Å². The van der Waals surface area contributed by atoms with Crippen molar-refractivity contribution in [1.29, 1.82) is 0 Å². The first-order valence-corrected chi connectivity index (χ1v) is 10.9. The van der Waals surface area contributed by atoms with Crippen LogP contribution in [0.3, 0.4) is 0 Å². The number of fused-ring (bicyclic) bond motifs is 1. The summed E-state index contributed by atoms with van der Waals surface area (Å²) in [5.74, 6) is -1.24. The normalized spacial score (nSPS) is 17.8. The number of carbonyl (C=O) groups is 3. The molecule has 2 aliphatic heterocycles. The lowest BCUT2D eigenvalue weighted by Crippen LogP contribution is -2.44. The molecule has 2 aromatic rings. The van der Waals surface area contributed by atoms with Crippen LogP contribution in [0.25, 0.3) is 5.57 Å². The van der Waals surface area contributed by atoms with Crippen LogP contribution in [-0.2, 0) is 9.59 Å². The van der Waals surface area contributed by atoms with E-state index < -0.39 is 11.8 Å². The lowest BCUT2D eigenvalue weighted by atomic mass is 9.95. The Kier molecular flexibility index (Phi) is 6.55. The number of hydrogen-bond donors (Lipinski definition) is 3. The largest absolute Gasteiger partial charge is 0.369 e. The van der Waals surface area contributed by atoms with Crippen LogP contribution in [0.2, 0.25) is 0 Å². The fourth-order valence-electron chi connectivity index (χ4n) is 3.87. The maximum Gasteiger partial charge on any atom is 0.260 e. The number of likely N-dealkylation sites (N-methyl/N-ethyl adjacent to an activating group) is 1. The topological polar surface area (TPSA) is 93.8 Å². The third-order valence-corrected chi connectivity index (χ3v) is 5.73. The summed E-state index contributed by atoms with van der Waals surface area (Å²) < 4.78 is 0. The molecule has 0 aromatic heterocycles. The molecule has 2 aromatic carbocycles. The maximum absolute atomic E-state index is 12.6. The minimum absolute atomic E-state index is 0.284. The average Bonchev–Trinajstić information content (AvgIpc) is 2.80. The molecule has 33 heavy (non-hydrogen) atoms. The SMILES string of the molecule is CC=CC(=O)Nc1ccc2c(c1)C(=CNc1ccc(N3CCN(C)CC3)cc1)C(=O)NC2=O. The van der Waals surface area contributed by atoms with Crippen molar-refractivity contribution in [1.82, 2.24) is 10.2 Å². The van der Waals surface area contributed by atoms with Gasteiger partial charge in [-0.1, -0.05) is 6.08 Å². The van der Waals surface area contributed by atoms with Crippen LogP contribution in [-0.4, -0.2) is 55.8 Å². The summed E-state index contributed by atoms with van der Waals surface area (Å²) in [6.45, 7) is 5.81. The Morgan fingerprint density at radius 3 is 2.33 bits per heavy atom. The fourth-order valence-corrected chi connectivity index (χ4v) is 3.87. The molecule has 8 heteroatoms. The molecular weight excluding hydrogens is 418 g/mol. The Labute approximate surface area is 192 Å². The number of hydrogen-bond acceptors (Lipinski definition) is 6. The lowest BCUT2D eigenvalue weighted by Gasteiger charge is -2.34. The molecule has 1 saturated heterocycles. The van der Waals surface area contributed by atoms with Gasteiger partial charge >= 0.3 is 0 Å². The Balaban J connectivity index is 1.54. The fraction of sp³-hybridized carbons (Fsp3) is 0.240. The van der Waals surface area contributed by atoms with E-state index >= 15 is 0 Å². The Morgan fingerprint density at radius 2 is 1.64 bits per heavy atom. The Hall–Kier alpha value is -3.91. The molecule has 4 rings (SSSR count). The third-order valence-electron chi connectivity index (χ3n) is 5.73. The van der Waals surface area contributed by atoms with Crippen LogP contribution >= 0.6 is 0 Å². The summed E-state index contributed by atoms with van der Waals surface area (Å²) in [4.78, 5) is 41.4. The van der Waals surface area contributed by atoms with Gasteiger partial charge in [0.05, 0.1) is 5.57 Å². The second-order valence-electron chi connectivity index (χ2n) is 8.07. The Morgan fingerprint density at radius 1 is 0.939 bits per heavy atom. The number of carbonyl (C=O) groups excluding carboxylic acids is 3. The van der Waals surface area contributed by atoms with Crippen molar-refractivity contribution in [3.05, 3.63) is 71.9 Å². The van der Waals surface area contributed by atoms with E-state index in [2.05, 4.69) is 44.9 Å². The summed E-state index contributed by atoms with van der Waals surface area (Å²) in [6, 6.07) is 12.9. The van der Waals surface area contributed by atoms with Crippen LogP contribution in [0.4, 0.5) is 17.1 Å². The number of imide groups is 1. The van der Waals surface area contributed by atoms with E-state index in [4.69, 9.17) is 0 Å². The molecule has 2 heterocycles. The molecule has 1 fully saturated rings. The summed E-state index contributed by atoms with van der Waals surface area (Å²) in [7, 11) is 2.13. The highest BCUT2D eigenvalue weighted by Gasteiger charge is 2.27. The van der Waals surface area contributed by atoms with Gasteiger partial charge in [-0.05, 0) is 62.5 Å². The maximum atomic E-state index is 12.6. The summed E-state index contributed by atoms with van der Waals surface area (Å²) >= 11 is 0. The minimum atomic E-state index is -0.494. The highest BCUT2D eigenvalue weighted by Crippen LogP contribution is 2.28. The molecule has 0 spiro atoms. The quantitative estimate of drug-likeness (QED) is 0.484. The molecule has 3 amide bonds. The molecular formula is C25H27N5O3. The first-order valence-electron chi connectivity index (χ1n) is 10.9. The third kappa shape index (κ3) is 5.12. The highest BCUT2D eigenvalue weighted by atomic mass is 16.2. The summed E-state index contributed by atoms with van der Waals surface area (Å²) in [5, 5.41) is 8.25. The number of amides is 3. The first kappa shape index (κ1) is 22.3. The van der Waals surface area contributed by atoms with Gasteiger partial charge in [-0.15, -0.1) is 0 Å². The van der Waals surface area contributed by atoms with Crippen LogP contribution in [0.15, 0.2) is 60.8 Å². The van der Waals surface area contributed by atoms with Gasteiger partial charge < -0.3 is 20.4 Å². The van der Waals surface area contributed by atoms with Gasteiger partial charge in [0.25, 0.3) is 11.8 Å². The van der Waals surface area contributed by atoms with Gasteiger partial charge in [-0.3, -0.25) is 19.7 Å². The number of piperazine rings is 1. The molecule has 0 aliphatic carbocycles. The molecule has 0 saturated carbocycles. The van der Waals surface area contributed by atoms with Crippen LogP contribution in [0, 0.1) is 0 Å². The summed E-state index contributed by atoms with van der Waals surface area (Å²) in [5.41, 5.74) is 3.63. The number of anilines is 3. The van der Waals surface area contributed by atoms with Crippen molar-refractivity contribution in [3.8, 4) is 0 Å². The molecule has 3 N–H and O–H groups in total. The average molecular weight is 446 g/mol. The molecule has 0 atom stereocenters. The number of allylic oxidation sites excluding steroid dienone is 1. The number of benzene rings is 2. The molecule has 0 unspecified atom stereocenters. The molecule has 8 nitrogen and oxygen atoms in total. The van der Waals surface area contributed by atoms with E-state index in [0.29, 0.717) is 22.4 Å². The second-order valence-corrected chi connectivity index (χ2v) is 8.07. The zero-order valence-corrected chi connectivity index (χ0v) is 18.7. The Bertz CT molecular complexity index is 1130. The number of nitrogens with one attached hydrogen (secondary N) is 3. The molecule has 2 aliphatic rings. The van der Waals surface area contributed by atoms with Crippen molar-refractivity contribution in [2.75, 3.05) is 48.8 Å². The lowest BCUT2D eigenvalue weighted by molar-refractivity contribution is -0.115. The van der Waals surface area contributed by atoms with Crippen LogP contribution in [0.1, 0.15) is 22.8 Å².